The number of amidine groups is 1. The van der Waals surface area contributed by atoms with Crippen LogP contribution in [0.4, 0.5) is 4.79 Å². The molecule has 17 heavy (non-hydrogen) atoms. The van der Waals surface area contributed by atoms with Gasteiger partial charge in [0.25, 0.3) is 0 Å². The normalized spacial score (nSPS) is 9.71. The van der Waals surface area contributed by atoms with Crippen LogP contribution in [0.15, 0.2) is 30.3 Å². The zero-order chi connectivity index (χ0) is 12.7. The zero-order valence-corrected chi connectivity index (χ0v) is 9.85. The van der Waals surface area contributed by atoms with Crippen LogP contribution in [0.1, 0.15) is 13.3 Å². The summed E-state index contributed by atoms with van der Waals surface area (Å²) >= 11 is 0. The van der Waals surface area contributed by atoms with Crippen LogP contribution in [0, 0.1) is 5.41 Å². The van der Waals surface area contributed by atoms with E-state index in [-0.39, 0.29) is 5.84 Å². The minimum atomic E-state index is -0.417. The Balaban J connectivity index is 2.52. The van der Waals surface area contributed by atoms with E-state index in [2.05, 4.69) is 0 Å². The van der Waals surface area contributed by atoms with Gasteiger partial charge in [0.2, 0.25) is 0 Å². The first kappa shape index (κ1) is 13.0. The molecule has 3 N–H and O–H groups in total. The van der Waals surface area contributed by atoms with Gasteiger partial charge in [0.1, 0.15) is 5.75 Å². The Kier molecular flexibility index (Phi) is 5.00. The Morgan fingerprint density at radius 3 is 2.59 bits per heavy atom. The van der Waals surface area contributed by atoms with Gasteiger partial charge in [0.15, 0.2) is 0 Å². The summed E-state index contributed by atoms with van der Waals surface area (Å²) in [5, 5.41) is 7.12. The van der Waals surface area contributed by atoms with Crippen LogP contribution in [0.3, 0.4) is 0 Å². The maximum atomic E-state index is 11.7. The van der Waals surface area contributed by atoms with E-state index in [4.69, 9.17) is 15.9 Å². The molecule has 1 rings (SSSR count). The Hall–Kier alpha value is -2.04. The highest BCUT2D eigenvalue weighted by molar-refractivity contribution is 5.78. The number of amides is 1. The summed E-state index contributed by atoms with van der Waals surface area (Å²) in [6.07, 6.45) is -0.0579. The van der Waals surface area contributed by atoms with Crippen molar-refractivity contribution in [1.82, 2.24) is 4.90 Å². The largest absolute Gasteiger partial charge is 0.415 e. The van der Waals surface area contributed by atoms with Crippen molar-refractivity contribution in [1.29, 1.82) is 5.41 Å². The highest BCUT2D eigenvalue weighted by atomic mass is 16.6. The first-order valence-electron chi connectivity index (χ1n) is 5.48. The average molecular weight is 235 g/mol. The summed E-state index contributed by atoms with van der Waals surface area (Å²) in [5.74, 6) is 0.578. The average Bonchev–Trinajstić information content (AvgIpc) is 2.30. The third-order valence-corrected chi connectivity index (χ3v) is 2.24. The molecule has 0 aliphatic rings. The van der Waals surface area contributed by atoms with E-state index in [0.717, 1.165) is 0 Å². The van der Waals surface area contributed by atoms with Crippen LogP contribution in [-0.2, 0) is 0 Å². The Morgan fingerprint density at radius 1 is 1.41 bits per heavy atom. The van der Waals surface area contributed by atoms with Crippen LogP contribution in [0.2, 0.25) is 0 Å². The van der Waals surface area contributed by atoms with Crippen LogP contribution in [-0.4, -0.2) is 29.9 Å². The number of para-hydroxylation sites is 1. The maximum Gasteiger partial charge on any atom is 0.415 e. The Morgan fingerprint density at radius 2 is 2.06 bits per heavy atom. The van der Waals surface area contributed by atoms with Gasteiger partial charge in [-0.25, -0.2) is 4.79 Å². The molecule has 5 heteroatoms. The fourth-order valence-corrected chi connectivity index (χ4v) is 1.29. The van der Waals surface area contributed by atoms with Crippen molar-refractivity contribution < 1.29 is 9.53 Å². The molecular formula is C12H17N3O2. The molecule has 0 bridgehead atoms. The summed E-state index contributed by atoms with van der Waals surface area (Å²) < 4.78 is 5.18. The monoisotopic (exact) mass is 235 g/mol. The highest BCUT2D eigenvalue weighted by Crippen LogP contribution is 2.10. The summed E-state index contributed by atoms with van der Waals surface area (Å²) in [6.45, 7) is 2.78. The number of nitrogens with zero attached hydrogens (tertiary/aromatic N) is 1. The lowest BCUT2D eigenvalue weighted by atomic mass is 10.3. The number of rotatable bonds is 5. The quantitative estimate of drug-likeness (QED) is 0.603. The first-order chi connectivity index (χ1) is 8.13. The molecule has 0 aromatic heterocycles. The number of benzene rings is 1. The first-order valence-corrected chi connectivity index (χ1v) is 5.48. The molecule has 0 aliphatic carbocycles. The SMILES string of the molecule is CCN(CCC(=N)N)C(=O)Oc1ccccc1. The minimum absolute atomic E-state index is 0.0657. The van der Waals surface area contributed by atoms with E-state index >= 15 is 0 Å². The van der Waals surface area contributed by atoms with Crippen molar-refractivity contribution in [2.45, 2.75) is 13.3 Å². The molecule has 0 radical (unpaired) electrons. The molecule has 0 spiro atoms. The van der Waals surface area contributed by atoms with Gasteiger partial charge in [-0.1, -0.05) is 18.2 Å². The second-order valence-electron chi connectivity index (χ2n) is 3.54. The number of hydrogen-bond acceptors (Lipinski definition) is 3. The Labute approximate surface area is 101 Å². The molecule has 0 saturated heterocycles. The molecular weight excluding hydrogens is 218 g/mol. The summed E-state index contributed by atoms with van der Waals surface area (Å²) in [6, 6.07) is 8.89. The van der Waals surface area contributed by atoms with Gasteiger partial charge in [-0.2, -0.15) is 0 Å². The van der Waals surface area contributed by atoms with E-state index in [1.54, 1.807) is 24.3 Å². The third kappa shape index (κ3) is 4.55. The van der Waals surface area contributed by atoms with Crippen molar-refractivity contribution in [3.8, 4) is 5.75 Å². The van der Waals surface area contributed by atoms with Gasteiger partial charge in [-0.15, -0.1) is 0 Å². The van der Waals surface area contributed by atoms with Gasteiger partial charge in [-0.3, -0.25) is 5.41 Å². The van der Waals surface area contributed by atoms with Crippen molar-refractivity contribution >= 4 is 11.9 Å². The zero-order valence-electron chi connectivity index (χ0n) is 9.85. The number of carbonyl (C=O) groups is 1. The number of ether oxygens (including phenoxy) is 1. The molecule has 0 unspecified atom stereocenters. The van der Waals surface area contributed by atoms with Crippen LogP contribution < -0.4 is 10.5 Å². The highest BCUT2D eigenvalue weighted by Gasteiger charge is 2.13. The van der Waals surface area contributed by atoms with Crippen LogP contribution >= 0.6 is 0 Å². The minimum Gasteiger partial charge on any atom is -0.410 e. The summed E-state index contributed by atoms with van der Waals surface area (Å²) in [5.41, 5.74) is 5.25. The smallest absolute Gasteiger partial charge is 0.410 e. The standard InChI is InChI=1S/C12H17N3O2/c1-2-15(9-8-11(13)14)12(16)17-10-6-4-3-5-7-10/h3-7H,2,8-9H2,1H3,(H3,13,14). The van der Waals surface area contributed by atoms with E-state index in [1.165, 1.54) is 4.90 Å². The fourth-order valence-electron chi connectivity index (χ4n) is 1.29. The number of nitrogens with one attached hydrogen (secondary N) is 1. The van der Waals surface area contributed by atoms with E-state index in [1.807, 2.05) is 13.0 Å². The van der Waals surface area contributed by atoms with Crippen LogP contribution in [0.5, 0.6) is 5.75 Å². The van der Waals surface area contributed by atoms with Gasteiger partial charge in [0.05, 0.1) is 5.84 Å². The van der Waals surface area contributed by atoms with Crippen LogP contribution in [0.25, 0.3) is 0 Å². The molecule has 0 aliphatic heterocycles. The Bertz CT molecular complexity index is 379. The maximum absolute atomic E-state index is 11.7. The summed E-state index contributed by atoms with van der Waals surface area (Å²) in [4.78, 5) is 13.3. The molecule has 5 nitrogen and oxygen atoms in total. The third-order valence-electron chi connectivity index (χ3n) is 2.24. The predicted octanol–water partition coefficient (Wildman–Crippen LogP) is 1.83. The number of hydrogen-bond donors (Lipinski definition) is 2. The lowest BCUT2D eigenvalue weighted by Gasteiger charge is -2.19. The van der Waals surface area contributed by atoms with Crippen molar-refractivity contribution in [2.75, 3.05) is 13.1 Å². The number of nitrogens with two attached hydrogens (primary N) is 1. The van der Waals surface area contributed by atoms with E-state index < -0.39 is 6.09 Å². The molecule has 92 valence electrons. The molecule has 0 fully saturated rings. The molecule has 0 heterocycles. The molecule has 0 atom stereocenters. The van der Waals surface area contributed by atoms with Crippen molar-refractivity contribution in [3.63, 3.8) is 0 Å². The lowest BCUT2D eigenvalue weighted by molar-refractivity contribution is 0.156. The molecule has 1 aromatic carbocycles. The van der Waals surface area contributed by atoms with Gasteiger partial charge in [-0.05, 0) is 19.1 Å². The predicted molar refractivity (Wildman–Crippen MR) is 66.2 cm³/mol. The van der Waals surface area contributed by atoms with Gasteiger partial charge in [0, 0.05) is 19.5 Å². The second-order valence-corrected chi connectivity index (χ2v) is 3.54. The summed E-state index contributed by atoms with van der Waals surface area (Å²) in [7, 11) is 0. The molecule has 1 aromatic rings. The van der Waals surface area contributed by atoms with Crippen molar-refractivity contribution in [3.05, 3.63) is 30.3 Å². The van der Waals surface area contributed by atoms with E-state index in [0.29, 0.717) is 25.3 Å². The topological polar surface area (TPSA) is 79.4 Å². The number of carbonyl (C=O) groups excluding carboxylic acids is 1. The second kappa shape index (κ2) is 6.52. The van der Waals surface area contributed by atoms with E-state index in [9.17, 15) is 4.79 Å². The lowest BCUT2D eigenvalue weighted by Crippen LogP contribution is -2.35. The van der Waals surface area contributed by atoms with Crippen molar-refractivity contribution in [2.24, 2.45) is 5.73 Å². The van der Waals surface area contributed by atoms with Gasteiger partial charge < -0.3 is 15.4 Å². The molecule has 0 saturated carbocycles. The molecule has 1 amide bonds. The van der Waals surface area contributed by atoms with Gasteiger partial charge >= 0.3 is 6.09 Å². The fraction of sp³-hybridized carbons (Fsp3) is 0.333.